The smallest absolute Gasteiger partial charge is 0.234 e. The van der Waals surface area contributed by atoms with Crippen molar-refractivity contribution in [3.05, 3.63) is 53.8 Å². The number of piperidine rings is 1. The Morgan fingerprint density at radius 1 is 1.03 bits per heavy atom. The quantitative estimate of drug-likeness (QED) is 0.683. The fraction of sp³-hybridized carbons (Fsp3) is 0.458. The standard InChI is InChI=1S/C24H29FN2O3/c1-29-22-9-8-20(17-23(22)30-15-14-26-11-3-2-4-12-26)27-13-10-21(24(27)28)18-6-5-7-19(25)16-18/h5-9,16-17,21H,2-4,10-15H2,1H3. The van der Waals surface area contributed by atoms with E-state index in [1.807, 2.05) is 24.3 Å². The highest BCUT2D eigenvalue weighted by Gasteiger charge is 2.34. The highest BCUT2D eigenvalue weighted by atomic mass is 19.1. The third-order valence-electron chi connectivity index (χ3n) is 6.03. The molecule has 160 valence electrons. The first-order valence-corrected chi connectivity index (χ1v) is 10.8. The fourth-order valence-corrected chi connectivity index (χ4v) is 4.38. The average Bonchev–Trinajstić information content (AvgIpc) is 3.16. The number of ether oxygens (including phenoxy) is 2. The van der Waals surface area contributed by atoms with E-state index in [1.54, 1.807) is 18.1 Å². The Labute approximate surface area is 177 Å². The van der Waals surface area contributed by atoms with E-state index in [1.165, 1.54) is 31.4 Å². The second kappa shape index (κ2) is 9.47. The van der Waals surface area contributed by atoms with Gasteiger partial charge in [-0.15, -0.1) is 0 Å². The molecule has 30 heavy (non-hydrogen) atoms. The molecule has 0 aromatic heterocycles. The van der Waals surface area contributed by atoms with Gasteiger partial charge in [0.1, 0.15) is 12.4 Å². The Balaban J connectivity index is 1.45. The maximum absolute atomic E-state index is 13.6. The molecule has 2 aromatic rings. The van der Waals surface area contributed by atoms with Crippen LogP contribution in [0.1, 0.15) is 37.2 Å². The number of amides is 1. The summed E-state index contributed by atoms with van der Waals surface area (Å²) >= 11 is 0. The van der Waals surface area contributed by atoms with E-state index in [-0.39, 0.29) is 17.6 Å². The lowest BCUT2D eigenvalue weighted by Gasteiger charge is -2.26. The molecular formula is C24H29FN2O3. The summed E-state index contributed by atoms with van der Waals surface area (Å²) in [5.41, 5.74) is 1.52. The van der Waals surface area contributed by atoms with Crippen molar-refractivity contribution in [3.63, 3.8) is 0 Å². The second-order valence-corrected chi connectivity index (χ2v) is 7.97. The molecule has 2 aromatic carbocycles. The fourth-order valence-electron chi connectivity index (χ4n) is 4.38. The van der Waals surface area contributed by atoms with Gasteiger partial charge >= 0.3 is 0 Å². The lowest BCUT2D eigenvalue weighted by Crippen LogP contribution is -2.33. The summed E-state index contributed by atoms with van der Waals surface area (Å²) in [6.07, 6.45) is 4.48. The third kappa shape index (κ3) is 4.59. The van der Waals surface area contributed by atoms with Gasteiger partial charge in [-0.3, -0.25) is 9.69 Å². The number of carbonyl (C=O) groups is 1. The molecule has 5 nitrogen and oxygen atoms in total. The zero-order valence-corrected chi connectivity index (χ0v) is 17.5. The Kier molecular flexibility index (Phi) is 6.53. The predicted molar refractivity (Wildman–Crippen MR) is 115 cm³/mol. The van der Waals surface area contributed by atoms with Crippen LogP contribution >= 0.6 is 0 Å². The minimum Gasteiger partial charge on any atom is -0.493 e. The summed E-state index contributed by atoms with van der Waals surface area (Å²) in [6, 6.07) is 11.9. The van der Waals surface area contributed by atoms with Gasteiger partial charge in [0.05, 0.1) is 13.0 Å². The van der Waals surface area contributed by atoms with E-state index in [0.717, 1.165) is 30.9 Å². The van der Waals surface area contributed by atoms with E-state index in [0.29, 0.717) is 31.1 Å². The van der Waals surface area contributed by atoms with Crippen LogP contribution in [0.15, 0.2) is 42.5 Å². The number of methoxy groups -OCH3 is 1. The Bertz CT molecular complexity index is 883. The lowest BCUT2D eigenvalue weighted by atomic mass is 9.98. The van der Waals surface area contributed by atoms with E-state index >= 15 is 0 Å². The first-order valence-electron chi connectivity index (χ1n) is 10.8. The maximum Gasteiger partial charge on any atom is 0.234 e. The third-order valence-corrected chi connectivity index (χ3v) is 6.03. The zero-order valence-electron chi connectivity index (χ0n) is 17.5. The molecule has 2 saturated heterocycles. The molecule has 2 heterocycles. The van der Waals surface area contributed by atoms with Gasteiger partial charge in [-0.05, 0) is 62.2 Å². The first-order chi connectivity index (χ1) is 14.7. The Morgan fingerprint density at radius 3 is 2.63 bits per heavy atom. The summed E-state index contributed by atoms with van der Waals surface area (Å²) in [7, 11) is 1.62. The molecule has 6 heteroatoms. The van der Waals surface area contributed by atoms with Gasteiger partial charge in [-0.2, -0.15) is 0 Å². The highest BCUT2D eigenvalue weighted by Crippen LogP contribution is 2.37. The van der Waals surface area contributed by atoms with Crippen LogP contribution in [0.25, 0.3) is 0 Å². The van der Waals surface area contributed by atoms with E-state index in [2.05, 4.69) is 4.90 Å². The first kappa shape index (κ1) is 20.7. The molecule has 1 atom stereocenters. The largest absolute Gasteiger partial charge is 0.493 e. The van der Waals surface area contributed by atoms with Gasteiger partial charge in [0.2, 0.25) is 5.91 Å². The molecule has 0 saturated carbocycles. The number of benzene rings is 2. The van der Waals surface area contributed by atoms with E-state index in [9.17, 15) is 9.18 Å². The number of anilines is 1. The number of hydrogen-bond donors (Lipinski definition) is 0. The molecular weight excluding hydrogens is 383 g/mol. The van der Waals surface area contributed by atoms with Crippen LogP contribution < -0.4 is 14.4 Å². The molecule has 0 radical (unpaired) electrons. The predicted octanol–water partition coefficient (Wildman–Crippen LogP) is 4.22. The summed E-state index contributed by atoms with van der Waals surface area (Å²) in [5, 5.41) is 0. The van der Waals surface area contributed by atoms with Crippen LogP contribution in [0.5, 0.6) is 11.5 Å². The topological polar surface area (TPSA) is 42.0 Å². The van der Waals surface area contributed by atoms with E-state index in [4.69, 9.17) is 9.47 Å². The van der Waals surface area contributed by atoms with Crippen molar-refractivity contribution in [1.82, 2.24) is 4.90 Å². The minimum absolute atomic E-state index is 0.00923. The molecule has 0 aliphatic carbocycles. The molecule has 0 spiro atoms. The number of nitrogens with zero attached hydrogens (tertiary/aromatic N) is 2. The van der Waals surface area contributed by atoms with Crippen molar-refractivity contribution in [2.75, 3.05) is 44.8 Å². The summed E-state index contributed by atoms with van der Waals surface area (Å²) in [6.45, 7) is 4.32. The molecule has 2 aliphatic heterocycles. The van der Waals surface area contributed by atoms with Crippen LogP contribution in [0, 0.1) is 5.82 Å². The summed E-state index contributed by atoms with van der Waals surface area (Å²) in [4.78, 5) is 17.2. The van der Waals surface area contributed by atoms with Crippen LogP contribution in [0.4, 0.5) is 10.1 Å². The van der Waals surface area contributed by atoms with Crippen LogP contribution in [-0.4, -0.2) is 50.7 Å². The van der Waals surface area contributed by atoms with Crippen molar-refractivity contribution in [1.29, 1.82) is 0 Å². The normalized spacial score (nSPS) is 19.9. The number of rotatable bonds is 7. The molecule has 4 rings (SSSR count). The molecule has 0 bridgehead atoms. The van der Waals surface area contributed by atoms with Gasteiger partial charge in [-0.25, -0.2) is 4.39 Å². The van der Waals surface area contributed by atoms with Crippen LogP contribution in [-0.2, 0) is 4.79 Å². The Hall–Kier alpha value is -2.60. The van der Waals surface area contributed by atoms with Crippen molar-refractivity contribution < 1.29 is 18.7 Å². The zero-order chi connectivity index (χ0) is 20.9. The number of hydrogen-bond acceptors (Lipinski definition) is 4. The van der Waals surface area contributed by atoms with Crippen molar-refractivity contribution >= 4 is 11.6 Å². The highest BCUT2D eigenvalue weighted by molar-refractivity contribution is 6.00. The second-order valence-electron chi connectivity index (χ2n) is 7.97. The minimum atomic E-state index is -0.314. The molecule has 0 N–H and O–H groups in total. The molecule has 1 unspecified atom stereocenters. The lowest BCUT2D eigenvalue weighted by molar-refractivity contribution is -0.118. The number of carbonyl (C=O) groups excluding carboxylic acids is 1. The maximum atomic E-state index is 13.6. The molecule has 2 fully saturated rings. The molecule has 2 aliphatic rings. The average molecular weight is 413 g/mol. The number of likely N-dealkylation sites (tertiary alicyclic amines) is 1. The van der Waals surface area contributed by atoms with Gasteiger partial charge < -0.3 is 14.4 Å². The van der Waals surface area contributed by atoms with Crippen molar-refractivity contribution in [2.45, 2.75) is 31.6 Å². The number of halogens is 1. The van der Waals surface area contributed by atoms with Crippen LogP contribution in [0.2, 0.25) is 0 Å². The van der Waals surface area contributed by atoms with E-state index < -0.39 is 0 Å². The van der Waals surface area contributed by atoms with Gasteiger partial charge in [0, 0.05) is 24.8 Å². The van der Waals surface area contributed by atoms with Crippen molar-refractivity contribution in [3.8, 4) is 11.5 Å². The summed E-state index contributed by atoms with van der Waals surface area (Å²) in [5.74, 6) is 0.670. The van der Waals surface area contributed by atoms with Crippen LogP contribution in [0.3, 0.4) is 0 Å². The summed E-state index contributed by atoms with van der Waals surface area (Å²) < 4.78 is 25.1. The SMILES string of the molecule is COc1ccc(N2CCC(c3cccc(F)c3)C2=O)cc1OCCN1CCCCC1. The van der Waals surface area contributed by atoms with Crippen molar-refractivity contribution in [2.24, 2.45) is 0 Å². The Morgan fingerprint density at radius 2 is 1.87 bits per heavy atom. The van der Waals surface area contributed by atoms with Gasteiger partial charge in [0.15, 0.2) is 11.5 Å². The molecule has 1 amide bonds. The van der Waals surface area contributed by atoms with Gasteiger partial charge in [0.25, 0.3) is 0 Å². The van der Waals surface area contributed by atoms with Gasteiger partial charge in [-0.1, -0.05) is 18.6 Å². The monoisotopic (exact) mass is 412 g/mol.